The second kappa shape index (κ2) is 4.37. The van der Waals surface area contributed by atoms with Crippen LogP contribution in [0.2, 0.25) is 0 Å². The quantitative estimate of drug-likeness (QED) is 0.847. The van der Waals surface area contributed by atoms with Crippen LogP contribution >= 0.6 is 15.9 Å². The van der Waals surface area contributed by atoms with E-state index >= 15 is 0 Å². The highest BCUT2D eigenvalue weighted by Crippen LogP contribution is 2.27. The largest absolute Gasteiger partial charge is 0.348 e. The highest BCUT2D eigenvalue weighted by Gasteiger charge is 2.32. The monoisotopic (exact) mass is 309 g/mol. The average Bonchev–Trinajstić information content (AvgIpc) is 2.85. The zero-order valence-corrected chi connectivity index (χ0v) is 12.1. The van der Waals surface area contributed by atoms with Gasteiger partial charge >= 0.3 is 0 Å². The van der Waals surface area contributed by atoms with E-state index in [1.54, 1.807) is 0 Å². The Labute approximate surface area is 115 Å². The van der Waals surface area contributed by atoms with E-state index in [2.05, 4.69) is 51.0 Å². The summed E-state index contributed by atoms with van der Waals surface area (Å²) in [4.78, 5) is 0. The van der Waals surface area contributed by atoms with Crippen LogP contribution < -0.4 is 0 Å². The molecule has 96 valence electrons. The van der Waals surface area contributed by atoms with E-state index in [0.29, 0.717) is 6.61 Å². The molecule has 0 aliphatic carbocycles. The first-order chi connectivity index (χ1) is 8.55. The van der Waals surface area contributed by atoms with Crippen molar-refractivity contribution >= 4 is 26.8 Å². The van der Waals surface area contributed by atoms with Crippen molar-refractivity contribution in [3.05, 3.63) is 34.9 Å². The zero-order chi connectivity index (χ0) is 12.8. The van der Waals surface area contributed by atoms with Crippen molar-refractivity contribution in [1.29, 1.82) is 0 Å². The maximum atomic E-state index is 5.85. The Morgan fingerprint density at radius 2 is 2.22 bits per heavy atom. The SMILES string of the molecule is CC1(C)OC[C@H](Cn2ccc3c(Br)cccc32)O1. The highest BCUT2D eigenvalue weighted by molar-refractivity contribution is 9.10. The topological polar surface area (TPSA) is 23.4 Å². The first-order valence-corrected chi connectivity index (χ1v) is 6.90. The van der Waals surface area contributed by atoms with Gasteiger partial charge in [0.25, 0.3) is 0 Å². The van der Waals surface area contributed by atoms with Gasteiger partial charge in [0.05, 0.1) is 13.2 Å². The molecule has 0 radical (unpaired) electrons. The zero-order valence-electron chi connectivity index (χ0n) is 10.5. The van der Waals surface area contributed by atoms with Gasteiger partial charge in [-0.25, -0.2) is 0 Å². The molecule has 0 unspecified atom stereocenters. The lowest BCUT2D eigenvalue weighted by Gasteiger charge is -2.17. The summed E-state index contributed by atoms with van der Waals surface area (Å²) in [6, 6.07) is 8.37. The maximum Gasteiger partial charge on any atom is 0.163 e. The van der Waals surface area contributed by atoms with Crippen LogP contribution in [0, 0.1) is 0 Å². The van der Waals surface area contributed by atoms with Gasteiger partial charge in [-0.15, -0.1) is 0 Å². The Morgan fingerprint density at radius 3 is 2.94 bits per heavy atom. The van der Waals surface area contributed by atoms with E-state index in [1.165, 1.54) is 10.9 Å². The van der Waals surface area contributed by atoms with Crippen molar-refractivity contribution in [2.24, 2.45) is 0 Å². The van der Waals surface area contributed by atoms with Gasteiger partial charge in [-0.2, -0.15) is 0 Å². The van der Waals surface area contributed by atoms with E-state index in [1.807, 2.05) is 13.8 Å². The molecule has 1 fully saturated rings. The molecule has 0 amide bonds. The van der Waals surface area contributed by atoms with Crippen molar-refractivity contribution in [3.63, 3.8) is 0 Å². The molecule has 0 spiro atoms. The standard InChI is InChI=1S/C14H16BrNO2/c1-14(2)17-9-10(18-14)8-16-7-6-11-12(15)4-3-5-13(11)16/h3-7,10H,8-9H2,1-2H3/t10-/m0/s1. The van der Waals surface area contributed by atoms with E-state index in [4.69, 9.17) is 9.47 Å². The second-order valence-corrected chi connectivity index (χ2v) is 5.95. The molecule has 1 atom stereocenters. The minimum Gasteiger partial charge on any atom is -0.348 e. The number of hydrogen-bond acceptors (Lipinski definition) is 2. The van der Waals surface area contributed by atoms with E-state index in [0.717, 1.165) is 11.0 Å². The minimum absolute atomic E-state index is 0.120. The predicted octanol–water partition coefficient (Wildman–Crippen LogP) is 3.56. The van der Waals surface area contributed by atoms with Crippen LogP contribution in [0.4, 0.5) is 0 Å². The van der Waals surface area contributed by atoms with Crippen LogP contribution in [-0.2, 0) is 16.0 Å². The van der Waals surface area contributed by atoms with Crippen molar-refractivity contribution in [1.82, 2.24) is 4.57 Å². The molecule has 0 bridgehead atoms. The number of nitrogens with zero attached hydrogens (tertiary/aromatic N) is 1. The van der Waals surface area contributed by atoms with Crippen LogP contribution in [0.3, 0.4) is 0 Å². The van der Waals surface area contributed by atoms with Crippen LogP contribution in [0.1, 0.15) is 13.8 Å². The van der Waals surface area contributed by atoms with Crippen molar-refractivity contribution in [3.8, 4) is 0 Å². The normalized spacial score (nSPS) is 22.7. The molecule has 1 saturated heterocycles. The molecule has 3 nitrogen and oxygen atoms in total. The molecule has 1 aliphatic heterocycles. The van der Waals surface area contributed by atoms with E-state index in [-0.39, 0.29) is 6.10 Å². The third-order valence-electron chi connectivity index (χ3n) is 3.23. The summed E-state index contributed by atoms with van der Waals surface area (Å²) in [5.41, 5.74) is 1.22. The van der Waals surface area contributed by atoms with Gasteiger partial charge in [0.15, 0.2) is 5.79 Å². The van der Waals surface area contributed by atoms with Gasteiger partial charge in [-0.05, 0) is 32.0 Å². The molecular formula is C14H16BrNO2. The highest BCUT2D eigenvalue weighted by atomic mass is 79.9. The Balaban J connectivity index is 1.86. The number of benzene rings is 1. The molecule has 2 aromatic rings. The second-order valence-electron chi connectivity index (χ2n) is 5.09. The van der Waals surface area contributed by atoms with E-state index in [9.17, 15) is 0 Å². The van der Waals surface area contributed by atoms with Gasteiger partial charge in [-0.3, -0.25) is 0 Å². The van der Waals surface area contributed by atoms with Crippen molar-refractivity contribution in [2.75, 3.05) is 6.61 Å². The number of fused-ring (bicyclic) bond motifs is 1. The van der Waals surface area contributed by atoms with Crippen LogP contribution in [0.15, 0.2) is 34.9 Å². The lowest BCUT2D eigenvalue weighted by Crippen LogP contribution is -2.23. The summed E-state index contributed by atoms with van der Waals surface area (Å²) in [5, 5.41) is 1.23. The maximum absolute atomic E-state index is 5.85. The molecule has 2 heterocycles. The summed E-state index contributed by atoms with van der Waals surface area (Å²) in [7, 11) is 0. The molecule has 1 aliphatic rings. The molecular weight excluding hydrogens is 294 g/mol. The van der Waals surface area contributed by atoms with Gasteiger partial charge in [0, 0.05) is 21.6 Å². The number of aromatic nitrogens is 1. The van der Waals surface area contributed by atoms with Gasteiger partial charge in [-0.1, -0.05) is 22.0 Å². The molecule has 0 N–H and O–H groups in total. The number of rotatable bonds is 2. The lowest BCUT2D eigenvalue weighted by molar-refractivity contribution is -0.139. The number of halogens is 1. The van der Waals surface area contributed by atoms with Gasteiger partial charge in [0.2, 0.25) is 0 Å². The predicted molar refractivity (Wildman–Crippen MR) is 74.5 cm³/mol. The third kappa shape index (κ3) is 2.20. The van der Waals surface area contributed by atoms with Crippen LogP contribution in [0.25, 0.3) is 10.9 Å². The molecule has 1 aromatic carbocycles. The number of ether oxygens (including phenoxy) is 2. The van der Waals surface area contributed by atoms with Gasteiger partial charge in [0.1, 0.15) is 6.10 Å². The summed E-state index contributed by atoms with van der Waals surface area (Å²) in [5.74, 6) is -0.450. The van der Waals surface area contributed by atoms with Crippen LogP contribution in [0.5, 0.6) is 0 Å². The smallest absolute Gasteiger partial charge is 0.163 e. The van der Waals surface area contributed by atoms with Crippen LogP contribution in [-0.4, -0.2) is 23.1 Å². The molecule has 0 saturated carbocycles. The Bertz CT molecular complexity index is 576. The number of hydrogen-bond donors (Lipinski definition) is 0. The molecule has 4 heteroatoms. The van der Waals surface area contributed by atoms with Crippen molar-refractivity contribution in [2.45, 2.75) is 32.3 Å². The molecule has 18 heavy (non-hydrogen) atoms. The summed E-state index contributed by atoms with van der Waals surface area (Å²) in [6.07, 6.45) is 2.22. The first-order valence-electron chi connectivity index (χ1n) is 6.10. The summed E-state index contributed by atoms with van der Waals surface area (Å²) in [6.45, 7) is 5.39. The average molecular weight is 310 g/mol. The fourth-order valence-corrected chi connectivity index (χ4v) is 2.91. The first kappa shape index (κ1) is 12.2. The summed E-state index contributed by atoms with van der Waals surface area (Å²) >= 11 is 3.57. The fourth-order valence-electron chi connectivity index (χ4n) is 2.42. The minimum atomic E-state index is -0.450. The Kier molecular flexibility index (Phi) is 2.96. The van der Waals surface area contributed by atoms with E-state index < -0.39 is 5.79 Å². The van der Waals surface area contributed by atoms with Crippen molar-refractivity contribution < 1.29 is 9.47 Å². The Hall–Kier alpha value is -0.840. The lowest BCUT2D eigenvalue weighted by atomic mass is 10.2. The molecule has 1 aromatic heterocycles. The third-order valence-corrected chi connectivity index (χ3v) is 3.92. The Morgan fingerprint density at radius 1 is 1.39 bits per heavy atom. The molecule has 3 rings (SSSR count). The summed E-state index contributed by atoms with van der Waals surface area (Å²) < 4.78 is 14.8. The van der Waals surface area contributed by atoms with Gasteiger partial charge < -0.3 is 14.0 Å². The fraction of sp³-hybridized carbons (Fsp3) is 0.429.